The maximum Gasteiger partial charge on any atom is 0.230 e. The molecule has 1 aliphatic carbocycles. The Hall–Kier alpha value is -2.05. The van der Waals surface area contributed by atoms with Crippen molar-refractivity contribution in [2.45, 2.75) is 44.7 Å². The fourth-order valence-electron chi connectivity index (χ4n) is 4.10. The maximum absolute atomic E-state index is 12.8. The van der Waals surface area contributed by atoms with Crippen LogP contribution < -0.4 is 5.32 Å². The molecule has 1 aliphatic heterocycles. The molecule has 2 fully saturated rings. The molecular weight excluding hydrogens is 399 g/mol. The lowest BCUT2D eigenvalue weighted by Gasteiger charge is -2.23. The quantitative estimate of drug-likeness (QED) is 0.795. The first-order chi connectivity index (χ1) is 13.5. The number of hydrogen-bond donors (Lipinski definition) is 1. The van der Waals surface area contributed by atoms with Crippen molar-refractivity contribution in [2.24, 2.45) is 5.92 Å². The van der Waals surface area contributed by atoms with Crippen molar-refractivity contribution in [3.05, 3.63) is 46.1 Å². The lowest BCUT2D eigenvalue weighted by Crippen LogP contribution is -2.35. The summed E-state index contributed by atoms with van der Waals surface area (Å²) in [6, 6.07) is 7.47. The van der Waals surface area contributed by atoms with Crippen LogP contribution in [-0.2, 0) is 16.1 Å². The number of hydrogen-bond acceptors (Lipinski definition) is 3. The highest BCUT2D eigenvalue weighted by atomic mass is 35.5. The third-order valence-corrected chi connectivity index (χ3v) is 6.47. The van der Waals surface area contributed by atoms with Gasteiger partial charge in [0.15, 0.2) is 0 Å². The second-order valence-corrected chi connectivity index (χ2v) is 8.25. The fourth-order valence-corrected chi connectivity index (χ4v) is 4.48. The molecule has 1 atom stereocenters. The topological polar surface area (TPSA) is 67.2 Å². The van der Waals surface area contributed by atoms with Gasteiger partial charge in [-0.15, -0.1) is 0 Å². The van der Waals surface area contributed by atoms with Crippen molar-refractivity contribution in [2.75, 3.05) is 11.9 Å². The molecule has 148 valence electrons. The van der Waals surface area contributed by atoms with Gasteiger partial charge in [0.25, 0.3) is 0 Å². The molecule has 1 aromatic heterocycles. The number of halogens is 2. The van der Waals surface area contributed by atoms with E-state index in [-0.39, 0.29) is 24.2 Å². The van der Waals surface area contributed by atoms with Crippen molar-refractivity contribution < 1.29 is 9.59 Å². The molecule has 0 radical (unpaired) electrons. The van der Waals surface area contributed by atoms with Crippen molar-refractivity contribution in [3.8, 4) is 0 Å². The van der Waals surface area contributed by atoms with Crippen LogP contribution in [0.2, 0.25) is 10.0 Å². The second-order valence-electron chi connectivity index (χ2n) is 7.46. The van der Waals surface area contributed by atoms with E-state index >= 15 is 0 Å². The third-order valence-electron chi connectivity index (χ3n) is 5.61. The molecule has 2 amide bonds. The number of benzene rings is 1. The summed E-state index contributed by atoms with van der Waals surface area (Å²) in [5, 5.41) is 8.16. The molecular formula is C20H22Cl2N4O2. The fraction of sp³-hybridized carbons (Fsp3) is 0.450. The summed E-state index contributed by atoms with van der Waals surface area (Å²) < 4.78 is 1.67. The average Bonchev–Trinajstić information content (AvgIpc) is 3.40. The molecule has 8 heteroatoms. The molecule has 4 rings (SSSR count). The van der Waals surface area contributed by atoms with Gasteiger partial charge in [-0.05, 0) is 24.5 Å². The van der Waals surface area contributed by atoms with Crippen LogP contribution in [0.4, 0.5) is 5.82 Å². The number of carbonyl (C=O) groups excluding carboxylic acids is 2. The van der Waals surface area contributed by atoms with E-state index in [0.29, 0.717) is 35.0 Å². The third kappa shape index (κ3) is 3.89. The monoisotopic (exact) mass is 420 g/mol. The van der Waals surface area contributed by atoms with E-state index in [1.807, 2.05) is 17.0 Å². The van der Waals surface area contributed by atoms with Crippen LogP contribution in [-0.4, -0.2) is 39.1 Å². The van der Waals surface area contributed by atoms with E-state index in [4.69, 9.17) is 23.2 Å². The van der Waals surface area contributed by atoms with Gasteiger partial charge in [0.1, 0.15) is 5.82 Å². The Morgan fingerprint density at radius 2 is 2.00 bits per heavy atom. The van der Waals surface area contributed by atoms with Gasteiger partial charge in [-0.3, -0.25) is 9.59 Å². The van der Waals surface area contributed by atoms with Gasteiger partial charge in [0.05, 0.1) is 28.7 Å². The molecule has 2 heterocycles. The van der Waals surface area contributed by atoms with Gasteiger partial charge in [-0.1, -0.05) is 48.2 Å². The van der Waals surface area contributed by atoms with Crippen molar-refractivity contribution >= 4 is 40.8 Å². The zero-order valence-electron chi connectivity index (χ0n) is 15.4. The van der Waals surface area contributed by atoms with Gasteiger partial charge in [0.2, 0.25) is 11.8 Å². The Morgan fingerprint density at radius 1 is 1.21 bits per heavy atom. The van der Waals surface area contributed by atoms with Gasteiger partial charge in [-0.2, -0.15) is 5.10 Å². The highest BCUT2D eigenvalue weighted by molar-refractivity contribution is 6.42. The minimum absolute atomic E-state index is 0.0891. The van der Waals surface area contributed by atoms with Gasteiger partial charge in [0, 0.05) is 25.1 Å². The normalized spacial score (nSPS) is 20.1. The van der Waals surface area contributed by atoms with Crippen LogP contribution in [0.3, 0.4) is 0 Å². The number of carbonyl (C=O) groups is 2. The number of anilines is 1. The predicted molar refractivity (Wildman–Crippen MR) is 108 cm³/mol. The largest absolute Gasteiger partial charge is 0.339 e. The Labute approximate surface area is 173 Å². The summed E-state index contributed by atoms with van der Waals surface area (Å²) in [6.07, 6.45) is 6.32. The van der Waals surface area contributed by atoms with Crippen LogP contribution in [0, 0.1) is 5.92 Å². The molecule has 6 nitrogen and oxygen atoms in total. The summed E-state index contributed by atoms with van der Waals surface area (Å²) in [5.74, 6) is 0.193. The van der Waals surface area contributed by atoms with E-state index in [2.05, 4.69) is 10.4 Å². The summed E-state index contributed by atoms with van der Waals surface area (Å²) in [5.41, 5.74) is 0.816. The average molecular weight is 421 g/mol. The molecule has 1 N–H and O–H groups in total. The summed E-state index contributed by atoms with van der Waals surface area (Å²) in [6.45, 7) is 0.892. The Bertz CT molecular complexity index is 892. The first kappa shape index (κ1) is 19.3. The van der Waals surface area contributed by atoms with Crippen molar-refractivity contribution in [1.29, 1.82) is 0 Å². The van der Waals surface area contributed by atoms with E-state index in [0.717, 1.165) is 31.2 Å². The molecule has 0 bridgehead atoms. The molecule has 28 heavy (non-hydrogen) atoms. The number of aromatic nitrogens is 2. The lowest BCUT2D eigenvalue weighted by atomic mass is 10.1. The maximum atomic E-state index is 12.8. The first-order valence-corrected chi connectivity index (χ1v) is 10.3. The summed E-state index contributed by atoms with van der Waals surface area (Å²) in [7, 11) is 0. The number of nitrogens with zero attached hydrogens (tertiary/aromatic N) is 3. The molecule has 1 saturated carbocycles. The smallest absolute Gasteiger partial charge is 0.230 e. The summed E-state index contributed by atoms with van der Waals surface area (Å²) in [4.78, 5) is 27.0. The van der Waals surface area contributed by atoms with Crippen LogP contribution in [0.15, 0.2) is 30.5 Å². The standard InChI is InChI=1S/C20H22Cl2N4O2/c21-16-7-3-4-13(19(16)22)12-26-17(8-9-23-26)24-20(28)14-10-18(27)25(11-14)15-5-1-2-6-15/h3-4,7-9,14-15H,1-2,5-6,10-12H2,(H,24,28). The SMILES string of the molecule is O=C(Nc1ccnn1Cc1cccc(Cl)c1Cl)C1CC(=O)N(C2CCCC2)C1. The van der Waals surface area contributed by atoms with Crippen molar-refractivity contribution in [3.63, 3.8) is 0 Å². The highest BCUT2D eigenvalue weighted by Gasteiger charge is 2.38. The zero-order chi connectivity index (χ0) is 19.7. The van der Waals surface area contributed by atoms with Crippen LogP contribution in [0.1, 0.15) is 37.7 Å². The first-order valence-electron chi connectivity index (χ1n) is 9.58. The molecule has 0 spiro atoms. The van der Waals surface area contributed by atoms with E-state index < -0.39 is 0 Å². The van der Waals surface area contributed by atoms with Gasteiger partial charge in [-0.25, -0.2) is 4.68 Å². The van der Waals surface area contributed by atoms with Crippen LogP contribution in [0.5, 0.6) is 0 Å². The Morgan fingerprint density at radius 3 is 2.79 bits per heavy atom. The second kappa shape index (κ2) is 8.13. The van der Waals surface area contributed by atoms with E-state index in [1.54, 1.807) is 23.0 Å². The highest BCUT2D eigenvalue weighted by Crippen LogP contribution is 2.30. The zero-order valence-corrected chi connectivity index (χ0v) is 16.9. The van der Waals surface area contributed by atoms with E-state index in [9.17, 15) is 9.59 Å². The number of likely N-dealkylation sites (tertiary alicyclic amines) is 1. The molecule has 1 saturated heterocycles. The van der Waals surface area contributed by atoms with Crippen LogP contribution >= 0.6 is 23.2 Å². The van der Waals surface area contributed by atoms with Crippen molar-refractivity contribution in [1.82, 2.24) is 14.7 Å². The molecule has 1 unspecified atom stereocenters. The molecule has 2 aliphatic rings. The lowest BCUT2D eigenvalue weighted by molar-refractivity contribution is -0.129. The number of rotatable bonds is 5. The Balaban J connectivity index is 1.42. The minimum Gasteiger partial charge on any atom is -0.339 e. The van der Waals surface area contributed by atoms with Gasteiger partial charge >= 0.3 is 0 Å². The van der Waals surface area contributed by atoms with Crippen LogP contribution in [0.25, 0.3) is 0 Å². The number of amides is 2. The molecule has 1 aromatic carbocycles. The molecule has 2 aromatic rings. The van der Waals surface area contributed by atoms with E-state index in [1.165, 1.54) is 0 Å². The minimum atomic E-state index is -0.328. The van der Waals surface area contributed by atoms with Gasteiger partial charge < -0.3 is 10.2 Å². The summed E-state index contributed by atoms with van der Waals surface area (Å²) >= 11 is 12.3. The number of nitrogens with one attached hydrogen (secondary N) is 1. The Kier molecular flexibility index (Phi) is 5.60. The predicted octanol–water partition coefficient (Wildman–Crippen LogP) is 3.97.